The van der Waals surface area contributed by atoms with Crippen LogP contribution in [-0.4, -0.2) is 46.1 Å². The van der Waals surface area contributed by atoms with Gasteiger partial charge in [0.15, 0.2) is 0 Å². The molecule has 0 saturated carbocycles. The predicted molar refractivity (Wildman–Crippen MR) is 78.0 cm³/mol. The van der Waals surface area contributed by atoms with Crippen molar-refractivity contribution < 1.29 is 14.8 Å². The van der Waals surface area contributed by atoms with Crippen LogP contribution in [0.15, 0.2) is 24.3 Å². The number of hydrogen-bond donors (Lipinski definition) is 2. The fraction of sp³-hybridized carbons (Fsp3) is 0.500. The number of nitrogens with one attached hydrogen (secondary N) is 1. The number of carbonyl (C=O) groups is 1. The van der Waals surface area contributed by atoms with Crippen LogP contribution in [0.5, 0.6) is 0 Å². The number of carbonyl (C=O) groups excluding carboxylic acids is 1. The average molecular weight is 293 g/mol. The molecule has 1 amide bonds. The van der Waals surface area contributed by atoms with Crippen molar-refractivity contribution in [2.75, 3.05) is 25.0 Å². The molecular formula is C14H19N3O4. The third-order valence-electron chi connectivity index (χ3n) is 3.66. The number of piperidine rings is 1. The maximum absolute atomic E-state index is 11.9. The minimum atomic E-state index is -0.634. The summed E-state index contributed by atoms with van der Waals surface area (Å²) in [5.41, 5.74) is -0.105. The lowest BCUT2D eigenvalue weighted by Crippen LogP contribution is -2.45. The van der Waals surface area contributed by atoms with Crippen molar-refractivity contribution in [3.63, 3.8) is 0 Å². The number of nitrogens with zero attached hydrogens (tertiary/aromatic N) is 2. The van der Waals surface area contributed by atoms with Gasteiger partial charge in [0.05, 0.1) is 17.1 Å². The van der Waals surface area contributed by atoms with Gasteiger partial charge in [0.1, 0.15) is 0 Å². The molecule has 0 spiro atoms. The van der Waals surface area contributed by atoms with Gasteiger partial charge in [-0.05, 0) is 31.9 Å². The monoisotopic (exact) mass is 293 g/mol. The lowest BCUT2D eigenvalue weighted by molar-refractivity contribution is -0.384. The van der Waals surface area contributed by atoms with Gasteiger partial charge in [-0.3, -0.25) is 19.8 Å². The number of non-ortho nitro benzene ring substituents is 1. The summed E-state index contributed by atoms with van der Waals surface area (Å²) in [6.45, 7) is 3.43. The molecule has 0 unspecified atom stereocenters. The van der Waals surface area contributed by atoms with E-state index in [1.807, 2.05) is 4.90 Å². The summed E-state index contributed by atoms with van der Waals surface area (Å²) in [4.78, 5) is 24.0. The first-order chi connectivity index (χ1) is 9.85. The number of nitro benzene ring substituents is 1. The van der Waals surface area contributed by atoms with Crippen molar-refractivity contribution in [1.29, 1.82) is 0 Å². The van der Waals surface area contributed by atoms with Crippen LogP contribution >= 0.6 is 0 Å². The molecule has 1 heterocycles. The molecule has 2 N–H and O–H groups in total. The zero-order valence-corrected chi connectivity index (χ0v) is 11.9. The Bertz CT molecular complexity index is 518. The minimum Gasteiger partial charge on any atom is -0.390 e. The van der Waals surface area contributed by atoms with Gasteiger partial charge >= 0.3 is 0 Å². The molecule has 0 atom stereocenters. The smallest absolute Gasteiger partial charge is 0.269 e. The lowest BCUT2D eigenvalue weighted by atomic mass is 9.94. The highest BCUT2D eigenvalue weighted by atomic mass is 16.6. The van der Waals surface area contributed by atoms with Crippen molar-refractivity contribution in [2.45, 2.75) is 25.4 Å². The Morgan fingerprint density at radius 1 is 1.38 bits per heavy atom. The second-order valence-electron chi connectivity index (χ2n) is 5.63. The number of aliphatic hydroxyl groups is 1. The average Bonchev–Trinajstić information content (AvgIpc) is 2.42. The minimum absolute atomic E-state index is 0.00809. The second-order valence-corrected chi connectivity index (χ2v) is 5.63. The van der Waals surface area contributed by atoms with Crippen LogP contribution in [0.3, 0.4) is 0 Å². The van der Waals surface area contributed by atoms with Crippen molar-refractivity contribution in [3.8, 4) is 0 Å². The van der Waals surface area contributed by atoms with Crippen molar-refractivity contribution in [2.24, 2.45) is 0 Å². The maximum atomic E-state index is 11.9. The van der Waals surface area contributed by atoms with Gasteiger partial charge in [0.25, 0.3) is 5.69 Å². The van der Waals surface area contributed by atoms with E-state index >= 15 is 0 Å². The van der Waals surface area contributed by atoms with Crippen LogP contribution in [-0.2, 0) is 4.79 Å². The zero-order valence-electron chi connectivity index (χ0n) is 11.9. The Labute approximate surface area is 122 Å². The molecule has 0 aliphatic carbocycles. The van der Waals surface area contributed by atoms with E-state index in [1.54, 1.807) is 6.92 Å². The van der Waals surface area contributed by atoms with E-state index in [2.05, 4.69) is 5.32 Å². The van der Waals surface area contributed by atoms with E-state index < -0.39 is 10.5 Å². The molecule has 1 aromatic rings. The van der Waals surface area contributed by atoms with Gasteiger partial charge < -0.3 is 10.4 Å². The number of hydrogen-bond acceptors (Lipinski definition) is 5. The Morgan fingerprint density at radius 2 is 1.95 bits per heavy atom. The zero-order chi connectivity index (χ0) is 15.5. The SMILES string of the molecule is CC1(O)CCN(CC(=O)Nc2ccc([N+](=O)[O-])cc2)CC1. The van der Waals surface area contributed by atoms with Gasteiger partial charge in [-0.25, -0.2) is 0 Å². The molecule has 1 aliphatic heterocycles. The van der Waals surface area contributed by atoms with E-state index in [0.29, 0.717) is 31.6 Å². The third-order valence-corrected chi connectivity index (χ3v) is 3.66. The quantitative estimate of drug-likeness (QED) is 0.646. The molecule has 7 nitrogen and oxygen atoms in total. The summed E-state index contributed by atoms with van der Waals surface area (Å²) >= 11 is 0. The van der Waals surface area contributed by atoms with Gasteiger partial charge in [-0.2, -0.15) is 0 Å². The second kappa shape index (κ2) is 6.19. The van der Waals surface area contributed by atoms with Crippen LogP contribution in [0.2, 0.25) is 0 Å². The number of anilines is 1. The molecule has 1 aliphatic rings. The highest BCUT2D eigenvalue weighted by Gasteiger charge is 2.27. The molecular weight excluding hydrogens is 274 g/mol. The number of amides is 1. The van der Waals surface area contributed by atoms with E-state index in [-0.39, 0.29) is 18.1 Å². The molecule has 0 aromatic heterocycles. The number of nitro groups is 1. The van der Waals surface area contributed by atoms with Crippen LogP contribution in [0, 0.1) is 10.1 Å². The fourth-order valence-corrected chi connectivity index (χ4v) is 2.26. The highest BCUT2D eigenvalue weighted by molar-refractivity contribution is 5.92. The van der Waals surface area contributed by atoms with Gasteiger partial charge in [0.2, 0.25) is 5.91 Å². The summed E-state index contributed by atoms with van der Waals surface area (Å²) in [5, 5.41) is 23.1. The highest BCUT2D eigenvalue weighted by Crippen LogP contribution is 2.21. The van der Waals surface area contributed by atoms with E-state index in [0.717, 1.165) is 0 Å². The van der Waals surface area contributed by atoms with Crippen LogP contribution < -0.4 is 5.32 Å². The molecule has 114 valence electrons. The van der Waals surface area contributed by atoms with E-state index in [1.165, 1.54) is 24.3 Å². The van der Waals surface area contributed by atoms with Gasteiger partial charge in [-0.1, -0.05) is 0 Å². The Morgan fingerprint density at radius 3 is 2.48 bits per heavy atom. The van der Waals surface area contributed by atoms with Gasteiger partial charge in [-0.15, -0.1) is 0 Å². The molecule has 2 rings (SSSR count). The molecule has 1 aromatic carbocycles. The van der Waals surface area contributed by atoms with E-state index in [9.17, 15) is 20.0 Å². The Kier molecular flexibility index (Phi) is 4.54. The summed E-state index contributed by atoms with van der Waals surface area (Å²) in [6.07, 6.45) is 1.30. The molecule has 1 saturated heterocycles. The Balaban J connectivity index is 1.83. The lowest BCUT2D eigenvalue weighted by Gasteiger charge is -2.35. The van der Waals surface area contributed by atoms with Gasteiger partial charge in [0, 0.05) is 30.9 Å². The van der Waals surface area contributed by atoms with E-state index in [4.69, 9.17) is 0 Å². The maximum Gasteiger partial charge on any atom is 0.269 e. The Hall–Kier alpha value is -1.99. The largest absolute Gasteiger partial charge is 0.390 e. The standard InChI is InChI=1S/C14H19N3O4/c1-14(19)6-8-16(9-7-14)10-13(18)15-11-2-4-12(5-3-11)17(20)21/h2-5,19H,6-10H2,1H3,(H,15,18). The predicted octanol–water partition coefficient (Wildman–Crippen LogP) is 1.38. The summed E-state index contributed by atoms with van der Waals surface area (Å²) in [6, 6.07) is 5.73. The molecule has 21 heavy (non-hydrogen) atoms. The molecule has 0 bridgehead atoms. The van der Waals surface area contributed by atoms with Crippen LogP contribution in [0.1, 0.15) is 19.8 Å². The molecule has 1 fully saturated rings. The van der Waals surface area contributed by atoms with Crippen molar-refractivity contribution >= 4 is 17.3 Å². The fourth-order valence-electron chi connectivity index (χ4n) is 2.26. The normalized spacial score (nSPS) is 18.2. The third kappa shape index (κ3) is 4.51. The summed E-state index contributed by atoms with van der Waals surface area (Å²) < 4.78 is 0. The summed E-state index contributed by atoms with van der Waals surface area (Å²) in [7, 11) is 0. The van der Waals surface area contributed by atoms with Crippen molar-refractivity contribution in [3.05, 3.63) is 34.4 Å². The topological polar surface area (TPSA) is 95.7 Å². The molecule has 7 heteroatoms. The summed E-state index contributed by atoms with van der Waals surface area (Å²) in [5.74, 6) is -0.162. The number of rotatable bonds is 4. The number of likely N-dealkylation sites (tertiary alicyclic amines) is 1. The first-order valence-electron chi connectivity index (χ1n) is 6.85. The number of benzene rings is 1. The van der Waals surface area contributed by atoms with Crippen LogP contribution in [0.4, 0.5) is 11.4 Å². The van der Waals surface area contributed by atoms with Crippen LogP contribution in [0.25, 0.3) is 0 Å². The van der Waals surface area contributed by atoms with Crippen molar-refractivity contribution in [1.82, 2.24) is 4.90 Å². The first-order valence-corrected chi connectivity index (χ1v) is 6.85. The molecule has 0 radical (unpaired) electrons. The first kappa shape index (κ1) is 15.4.